The van der Waals surface area contributed by atoms with Gasteiger partial charge in [-0.25, -0.2) is 4.98 Å². The van der Waals surface area contributed by atoms with Crippen molar-refractivity contribution in [2.75, 3.05) is 27.2 Å². The molecule has 0 saturated carbocycles. The van der Waals surface area contributed by atoms with E-state index in [9.17, 15) is 4.79 Å². The van der Waals surface area contributed by atoms with Crippen LogP contribution in [0.2, 0.25) is 0 Å². The molecule has 19 heavy (non-hydrogen) atoms. The van der Waals surface area contributed by atoms with E-state index in [2.05, 4.69) is 22.5 Å². The van der Waals surface area contributed by atoms with Crippen molar-refractivity contribution in [2.24, 2.45) is 0 Å². The van der Waals surface area contributed by atoms with E-state index in [0.717, 1.165) is 36.8 Å². The summed E-state index contributed by atoms with van der Waals surface area (Å²) in [5.74, 6) is 0.0980. The van der Waals surface area contributed by atoms with Crippen LogP contribution in [0.15, 0.2) is 5.38 Å². The Morgan fingerprint density at radius 1 is 1.63 bits per heavy atom. The third-order valence-electron chi connectivity index (χ3n) is 3.47. The van der Waals surface area contributed by atoms with Gasteiger partial charge in [0.25, 0.3) is 0 Å². The Morgan fingerprint density at radius 3 is 3.05 bits per heavy atom. The first kappa shape index (κ1) is 14.4. The van der Waals surface area contributed by atoms with Crippen LogP contribution in [0.3, 0.4) is 0 Å². The highest BCUT2D eigenvalue weighted by Gasteiger charge is 2.27. The van der Waals surface area contributed by atoms with Crippen molar-refractivity contribution in [1.82, 2.24) is 20.5 Å². The number of aromatic nitrogens is 1. The van der Waals surface area contributed by atoms with Gasteiger partial charge in [0.1, 0.15) is 5.01 Å². The number of likely N-dealkylation sites (N-methyl/N-ethyl adjacent to an activating group) is 1. The Kier molecular flexibility index (Phi) is 4.54. The second-order valence-electron chi connectivity index (χ2n) is 5.54. The predicted molar refractivity (Wildman–Crippen MR) is 77.2 cm³/mol. The largest absolute Gasteiger partial charge is 0.348 e. The molecule has 106 valence electrons. The lowest BCUT2D eigenvalue weighted by Crippen LogP contribution is -2.43. The van der Waals surface area contributed by atoms with Gasteiger partial charge < -0.3 is 15.5 Å². The molecule has 0 spiro atoms. The quantitative estimate of drug-likeness (QED) is 0.831. The number of thiazole rings is 1. The molecule has 2 rings (SSSR count). The number of nitrogens with zero attached hydrogens (tertiary/aromatic N) is 2. The van der Waals surface area contributed by atoms with Gasteiger partial charge in [0.05, 0.1) is 12.1 Å². The lowest BCUT2D eigenvalue weighted by atomic mass is 10.0. The van der Waals surface area contributed by atoms with E-state index in [-0.39, 0.29) is 11.4 Å². The van der Waals surface area contributed by atoms with Crippen LogP contribution < -0.4 is 10.6 Å². The summed E-state index contributed by atoms with van der Waals surface area (Å²) in [5, 5.41) is 9.84. The van der Waals surface area contributed by atoms with Crippen molar-refractivity contribution in [3.8, 4) is 0 Å². The van der Waals surface area contributed by atoms with Gasteiger partial charge in [0.2, 0.25) is 5.91 Å². The molecule has 0 aliphatic carbocycles. The van der Waals surface area contributed by atoms with Crippen molar-refractivity contribution in [3.63, 3.8) is 0 Å². The van der Waals surface area contributed by atoms with E-state index in [4.69, 9.17) is 0 Å². The Balaban J connectivity index is 1.85. The first-order chi connectivity index (χ1) is 8.98. The maximum atomic E-state index is 11.6. The molecule has 1 atom stereocenters. The number of carbonyl (C=O) groups is 1. The molecule has 5 nitrogen and oxygen atoms in total. The molecule has 1 unspecified atom stereocenters. The molecule has 1 aromatic heterocycles. The van der Waals surface area contributed by atoms with Gasteiger partial charge in [0, 0.05) is 38.1 Å². The zero-order chi connectivity index (χ0) is 13.9. The second-order valence-corrected chi connectivity index (χ2v) is 6.48. The standard InChI is InChI=1S/C13H22N4OS/c1-13(4-5-14-9-13)15-7-10-8-19-11(16-10)6-12(18)17(2)3/h8,14-15H,4-7,9H2,1-3H3. The fraction of sp³-hybridized carbons (Fsp3) is 0.692. The summed E-state index contributed by atoms with van der Waals surface area (Å²) < 4.78 is 0. The van der Waals surface area contributed by atoms with Gasteiger partial charge in [-0.05, 0) is 19.9 Å². The predicted octanol–water partition coefficient (Wildman–Crippen LogP) is 0.615. The first-order valence-corrected chi connectivity index (χ1v) is 7.46. The number of nitrogens with one attached hydrogen (secondary N) is 2. The van der Waals surface area contributed by atoms with Crippen LogP contribution in [0.5, 0.6) is 0 Å². The molecule has 1 amide bonds. The van der Waals surface area contributed by atoms with Crippen LogP contribution in [0, 0.1) is 0 Å². The molecular weight excluding hydrogens is 260 g/mol. The van der Waals surface area contributed by atoms with E-state index in [1.165, 1.54) is 0 Å². The fourth-order valence-corrected chi connectivity index (χ4v) is 2.86. The Hall–Kier alpha value is -0.980. The molecule has 0 bridgehead atoms. The van der Waals surface area contributed by atoms with E-state index in [1.807, 2.05) is 5.38 Å². The second kappa shape index (κ2) is 5.98. The summed E-state index contributed by atoms with van der Waals surface area (Å²) in [7, 11) is 3.54. The van der Waals surface area contributed by atoms with E-state index in [1.54, 1.807) is 30.3 Å². The van der Waals surface area contributed by atoms with Crippen molar-refractivity contribution < 1.29 is 4.79 Å². The highest BCUT2D eigenvalue weighted by molar-refractivity contribution is 7.09. The summed E-state index contributed by atoms with van der Waals surface area (Å²) in [5.41, 5.74) is 1.20. The van der Waals surface area contributed by atoms with Crippen LogP contribution in [0.25, 0.3) is 0 Å². The Labute approximate surface area is 118 Å². The van der Waals surface area contributed by atoms with Crippen LogP contribution in [0.4, 0.5) is 0 Å². The molecule has 2 N–H and O–H groups in total. The first-order valence-electron chi connectivity index (χ1n) is 6.58. The third kappa shape index (κ3) is 3.99. The van der Waals surface area contributed by atoms with Gasteiger partial charge in [-0.3, -0.25) is 4.79 Å². The van der Waals surface area contributed by atoms with Gasteiger partial charge in [0.15, 0.2) is 0 Å². The molecule has 1 aromatic rings. The van der Waals surface area contributed by atoms with Crippen molar-refractivity contribution in [2.45, 2.75) is 31.8 Å². The fourth-order valence-electron chi connectivity index (χ4n) is 2.07. The molecule has 1 fully saturated rings. The molecule has 0 radical (unpaired) electrons. The van der Waals surface area contributed by atoms with E-state index < -0.39 is 0 Å². The number of amides is 1. The Morgan fingerprint density at radius 2 is 2.42 bits per heavy atom. The molecule has 1 aliphatic heterocycles. The van der Waals surface area contributed by atoms with Gasteiger partial charge in [-0.1, -0.05) is 0 Å². The van der Waals surface area contributed by atoms with Gasteiger partial charge in [-0.15, -0.1) is 11.3 Å². The minimum absolute atomic E-state index is 0.0980. The average molecular weight is 282 g/mol. The van der Waals surface area contributed by atoms with Crippen LogP contribution in [-0.4, -0.2) is 48.5 Å². The Bertz CT molecular complexity index is 438. The molecular formula is C13H22N4OS. The average Bonchev–Trinajstić information content (AvgIpc) is 2.96. The van der Waals surface area contributed by atoms with Crippen molar-refractivity contribution in [1.29, 1.82) is 0 Å². The summed E-state index contributed by atoms with van der Waals surface area (Å²) in [6.45, 7) is 5.08. The lowest BCUT2D eigenvalue weighted by molar-refractivity contribution is -0.127. The molecule has 0 aromatic carbocycles. The van der Waals surface area contributed by atoms with Crippen LogP contribution in [-0.2, 0) is 17.8 Å². The summed E-state index contributed by atoms with van der Waals surface area (Å²) >= 11 is 1.56. The number of hydrogen-bond donors (Lipinski definition) is 2. The topological polar surface area (TPSA) is 57.3 Å². The van der Waals surface area contributed by atoms with Gasteiger partial charge in [-0.2, -0.15) is 0 Å². The molecule has 1 aliphatic rings. The van der Waals surface area contributed by atoms with Crippen molar-refractivity contribution >= 4 is 17.2 Å². The number of rotatable bonds is 5. The molecule has 6 heteroatoms. The zero-order valence-corrected chi connectivity index (χ0v) is 12.6. The van der Waals surface area contributed by atoms with E-state index in [0.29, 0.717) is 6.42 Å². The van der Waals surface area contributed by atoms with Crippen molar-refractivity contribution in [3.05, 3.63) is 16.1 Å². The summed E-state index contributed by atoms with van der Waals surface area (Å²) in [6, 6.07) is 0. The van der Waals surface area contributed by atoms with Gasteiger partial charge >= 0.3 is 0 Å². The highest BCUT2D eigenvalue weighted by atomic mass is 32.1. The zero-order valence-electron chi connectivity index (χ0n) is 11.8. The van der Waals surface area contributed by atoms with Crippen LogP contribution >= 0.6 is 11.3 Å². The summed E-state index contributed by atoms with van der Waals surface area (Å²) in [4.78, 5) is 17.7. The number of hydrogen-bond acceptors (Lipinski definition) is 5. The highest BCUT2D eigenvalue weighted by Crippen LogP contribution is 2.16. The monoisotopic (exact) mass is 282 g/mol. The molecule has 2 heterocycles. The third-order valence-corrected chi connectivity index (χ3v) is 4.36. The molecule has 1 saturated heterocycles. The smallest absolute Gasteiger partial charge is 0.228 e. The minimum atomic E-state index is 0.0980. The van der Waals surface area contributed by atoms with Crippen LogP contribution in [0.1, 0.15) is 24.0 Å². The maximum absolute atomic E-state index is 11.6. The normalized spacial score (nSPS) is 22.7. The summed E-state index contributed by atoms with van der Waals surface area (Å²) in [6.07, 6.45) is 1.54. The maximum Gasteiger partial charge on any atom is 0.228 e. The minimum Gasteiger partial charge on any atom is -0.348 e. The SMILES string of the molecule is CN(C)C(=O)Cc1nc(CNC2(C)CCNC2)cs1. The lowest BCUT2D eigenvalue weighted by Gasteiger charge is -2.23. The number of carbonyl (C=O) groups excluding carboxylic acids is 1. The van der Waals surface area contributed by atoms with E-state index >= 15 is 0 Å².